The molecule has 160 valence electrons. The summed E-state index contributed by atoms with van der Waals surface area (Å²) in [4.78, 5) is 0.144. The van der Waals surface area contributed by atoms with Gasteiger partial charge < -0.3 is 9.88 Å². The highest BCUT2D eigenvalue weighted by molar-refractivity contribution is 7.89. The van der Waals surface area contributed by atoms with E-state index in [9.17, 15) is 8.42 Å². The number of nitrogens with zero attached hydrogens (tertiary/aromatic N) is 1. The molecule has 0 aliphatic rings. The van der Waals surface area contributed by atoms with Crippen LogP contribution in [0, 0.1) is 6.92 Å². The molecule has 0 aliphatic heterocycles. The molecule has 0 fully saturated rings. The maximum atomic E-state index is 11.4. The Morgan fingerprint density at radius 1 is 0.903 bits per heavy atom. The van der Waals surface area contributed by atoms with Crippen LogP contribution in [0.25, 0.3) is 10.9 Å². The Morgan fingerprint density at radius 2 is 1.58 bits per heavy atom. The number of sulfonamides is 1. The van der Waals surface area contributed by atoms with Crippen molar-refractivity contribution in [3.05, 3.63) is 101 Å². The number of hydrogen-bond acceptors (Lipinski definition) is 3. The van der Waals surface area contributed by atoms with E-state index in [1.54, 1.807) is 12.1 Å². The average Bonchev–Trinajstić information content (AvgIpc) is 3.10. The molecule has 0 radical (unpaired) electrons. The lowest BCUT2D eigenvalue weighted by Crippen LogP contribution is -2.17. The molecule has 0 saturated carbocycles. The molecule has 0 spiro atoms. The fourth-order valence-corrected chi connectivity index (χ4v) is 4.30. The zero-order valence-electron chi connectivity index (χ0n) is 17.6. The first-order valence-electron chi connectivity index (χ1n) is 10.3. The van der Waals surface area contributed by atoms with Gasteiger partial charge in [0.05, 0.1) is 4.90 Å². The molecule has 31 heavy (non-hydrogen) atoms. The summed E-state index contributed by atoms with van der Waals surface area (Å²) in [7, 11) is -3.64. The van der Waals surface area contributed by atoms with Crippen LogP contribution in [0.4, 0.5) is 0 Å². The number of hydrogen-bond donors (Lipinski definition) is 2. The third kappa shape index (κ3) is 5.22. The van der Waals surface area contributed by atoms with Gasteiger partial charge in [0.25, 0.3) is 0 Å². The third-order valence-electron chi connectivity index (χ3n) is 5.50. The molecule has 1 aromatic heterocycles. The van der Waals surface area contributed by atoms with E-state index >= 15 is 0 Å². The van der Waals surface area contributed by atoms with E-state index in [4.69, 9.17) is 5.14 Å². The summed E-state index contributed by atoms with van der Waals surface area (Å²) in [6.45, 7) is 4.52. The highest BCUT2D eigenvalue weighted by Gasteiger charge is 2.09. The Hall–Kier alpha value is -2.93. The molecule has 0 amide bonds. The molecule has 4 rings (SSSR count). The van der Waals surface area contributed by atoms with Crippen molar-refractivity contribution in [2.45, 2.75) is 31.3 Å². The highest BCUT2D eigenvalue weighted by atomic mass is 32.2. The van der Waals surface area contributed by atoms with Crippen LogP contribution in [-0.4, -0.2) is 19.5 Å². The predicted molar refractivity (Wildman–Crippen MR) is 125 cm³/mol. The topological polar surface area (TPSA) is 77.1 Å². The molecule has 5 nitrogen and oxygen atoms in total. The maximum Gasteiger partial charge on any atom is 0.238 e. The van der Waals surface area contributed by atoms with Crippen LogP contribution >= 0.6 is 0 Å². The standard InChI is InChI=1S/C25H27N3O2S/c1-19-6-8-21(9-7-19)17-28-18-22(24-4-2-3-5-25(24)28)16-27-15-14-20-10-12-23(13-11-20)31(26,29)30/h2-13,18,27H,14-17H2,1H3,(H2,26,29,30). The summed E-state index contributed by atoms with van der Waals surface area (Å²) in [5, 5.41) is 9.93. The number of primary sulfonamides is 1. The van der Waals surface area contributed by atoms with Gasteiger partial charge in [-0.3, -0.25) is 0 Å². The van der Waals surface area contributed by atoms with Gasteiger partial charge in [-0.25, -0.2) is 13.6 Å². The van der Waals surface area contributed by atoms with Gasteiger partial charge in [0, 0.05) is 30.2 Å². The van der Waals surface area contributed by atoms with Crippen molar-refractivity contribution < 1.29 is 8.42 Å². The number of aryl methyl sites for hydroxylation is 1. The van der Waals surface area contributed by atoms with Crippen LogP contribution in [-0.2, 0) is 29.5 Å². The quantitative estimate of drug-likeness (QED) is 0.413. The Labute approximate surface area is 183 Å². The molecule has 3 N–H and O–H groups in total. The Morgan fingerprint density at radius 3 is 2.29 bits per heavy atom. The normalized spacial score (nSPS) is 11.8. The molecule has 6 heteroatoms. The van der Waals surface area contributed by atoms with Crippen LogP contribution < -0.4 is 10.5 Å². The van der Waals surface area contributed by atoms with Gasteiger partial charge in [0.1, 0.15) is 0 Å². The van der Waals surface area contributed by atoms with Crippen molar-refractivity contribution in [2.24, 2.45) is 5.14 Å². The molecule has 3 aromatic carbocycles. The SMILES string of the molecule is Cc1ccc(Cn2cc(CNCCc3ccc(S(N)(=O)=O)cc3)c3ccccc32)cc1. The monoisotopic (exact) mass is 433 g/mol. The second kappa shape index (κ2) is 9.06. The number of nitrogens with one attached hydrogen (secondary N) is 1. The maximum absolute atomic E-state index is 11.4. The minimum absolute atomic E-state index is 0.144. The summed E-state index contributed by atoms with van der Waals surface area (Å²) in [6.07, 6.45) is 3.05. The van der Waals surface area contributed by atoms with Gasteiger partial charge in [0.15, 0.2) is 0 Å². The van der Waals surface area contributed by atoms with E-state index in [-0.39, 0.29) is 4.90 Å². The predicted octanol–water partition coefficient (Wildman–Crippen LogP) is 3.98. The van der Waals surface area contributed by atoms with Gasteiger partial charge in [0.2, 0.25) is 10.0 Å². The zero-order chi connectivity index (χ0) is 21.8. The van der Waals surface area contributed by atoms with Crippen LogP contribution in [0.1, 0.15) is 22.3 Å². The molecular weight excluding hydrogens is 406 g/mol. The van der Waals surface area contributed by atoms with Gasteiger partial charge in [-0.1, -0.05) is 60.2 Å². The van der Waals surface area contributed by atoms with Crippen molar-refractivity contribution >= 4 is 20.9 Å². The molecule has 0 bridgehead atoms. The lowest BCUT2D eigenvalue weighted by Gasteiger charge is -2.06. The Balaban J connectivity index is 1.41. The van der Waals surface area contributed by atoms with E-state index in [0.717, 1.165) is 31.6 Å². The fourth-order valence-electron chi connectivity index (χ4n) is 3.79. The van der Waals surface area contributed by atoms with Crippen LogP contribution in [0.2, 0.25) is 0 Å². The molecular formula is C25H27N3O2S. The van der Waals surface area contributed by atoms with Crippen LogP contribution in [0.5, 0.6) is 0 Å². The van der Waals surface area contributed by atoms with Crippen molar-refractivity contribution in [2.75, 3.05) is 6.54 Å². The van der Waals surface area contributed by atoms with E-state index in [0.29, 0.717) is 0 Å². The first-order valence-corrected chi connectivity index (χ1v) is 11.9. The smallest absolute Gasteiger partial charge is 0.238 e. The van der Waals surface area contributed by atoms with Gasteiger partial charge in [-0.05, 0) is 54.8 Å². The largest absolute Gasteiger partial charge is 0.343 e. The van der Waals surface area contributed by atoms with E-state index in [1.807, 2.05) is 12.1 Å². The minimum Gasteiger partial charge on any atom is -0.343 e. The van der Waals surface area contributed by atoms with Gasteiger partial charge in [-0.2, -0.15) is 0 Å². The Kier molecular flexibility index (Phi) is 6.23. The summed E-state index contributed by atoms with van der Waals surface area (Å²) in [5.74, 6) is 0. The minimum atomic E-state index is -3.64. The summed E-state index contributed by atoms with van der Waals surface area (Å²) < 4.78 is 25.0. The number of fused-ring (bicyclic) bond motifs is 1. The van der Waals surface area contributed by atoms with Gasteiger partial charge >= 0.3 is 0 Å². The number of aromatic nitrogens is 1. The van der Waals surface area contributed by atoms with E-state index in [1.165, 1.54) is 27.6 Å². The molecule has 4 aromatic rings. The average molecular weight is 434 g/mol. The summed E-state index contributed by atoms with van der Waals surface area (Å²) in [5.41, 5.74) is 6.13. The van der Waals surface area contributed by atoms with Crippen molar-refractivity contribution in [3.63, 3.8) is 0 Å². The fraction of sp³-hybridized carbons (Fsp3) is 0.200. The van der Waals surface area contributed by atoms with Crippen molar-refractivity contribution in [1.82, 2.24) is 9.88 Å². The molecule has 1 heterocycles. The number of nitrogens with two attached hydrogens (primary N) is 1. The van der Waals surface area contributed by atoms with E-state index < -0.39 is 10.0 Å². The van der Waals surface area contributed by atoms with Gasteiger partial charge in [-0.15, -0.1) is 0 Å². The lowest BCUT2D eigenvalue weighted by molar-refractivity contribution is 0.597. The highest BCUT2D eigenvalue weighted by Crippen LogP contribution is 2.22. The zero-order valence-corrected chi connectivity index (χ0v) is 18.4. The second-order valence-corrected chi connectivity index (χ2v) is 9.46. The second-order valence-electron chi connectivity index (χ2n) is 7.90. The van der Waals surface area contributed by atoms with Crippen molar-refractivity contribution in [3.8, 4) is 0 Å². The van der Waals surface area contributed by atoms with Crippen LogP contribution in [0.15, 0.2) is 83.9 Å². The molecule has 0 unspecified atom stereocenters. The molecule has 0 saturated heterocycles. The molecule has 0 atom stereocenters. The first kappa shape index (κ1) is 21.3. The van der Waals surface area contributed by atoms with E-state index in [2.05, 4.69) is 71.5 Å². The number of para-hydroxylation sites is 1. The number of benzene rings is 3. The van der Waals surface area contributed by atoms with Crippen LogP contribution in [0.3, 0.4) is 0 Å². The number of rotatable bonds is 8. The summed E-state index contributed by atoms with van der Waals surface area (Å²) >= 11 is 0. The first-order chi connectivity index (χ1) is 14.9. The van der Waals surface area contributed by atoms with Crippen molar-refractivity contribution in [1.29, 1.82) is 0 Å². The molecule has 0 aliphatic carbocycles. The Bertz CT molecular complexity index is 1270. The third-order valence-corrected chi connectivity index (χ3v) is 6.43. The summed E-state index contributed by atoms with van der Waals surface area (Å²) in [6, 6.07) is 23.9. The lowest BCUT2D eigenvalue weighted by atomic mass is 10.1.